The third kappa shape index (κ3) is 5.26. The lowest BCUT2D eigenvalue weighted by molar-refractivity contribution is 0.380. The zero-order chi connectivity index (χ0) is 26.0. The minimum Gasteiger partial charge on any atom is -0.497 e. The summed E-state index contributed by atoms with van der Waals surface area (Å²) < 4.78 is 60.6. The van der Waals surface area contributed by atoms with Gasteiger partial charge in [-0.05, 0) is 43.7 Å². The number of halogens is 2. The van der Waals surface area contributed by atoms with Crippen molar-refractivity contribution >= 4 is 15.7 Å². The van der Waals surface area contributed by atoms with Gasteiger partial charge in [-0.15, -0.1) is 0 Å². The highest BCUT2D eigenvalue weighted by Gasteiger charge is 2.30. The van der Waals surface area contributed by atoms with Crippen molar-refractivity contribution < 1.29 is 21.9 Å². The fraction of sp³-hybridized carbons (Fsp3) is 0.360. The van der Waals surface area contributed by atoms with E-state index in [0.717, 1.165) is 28.4 Å². The van der Waals surface area contributed by atoms with Crippen molar-refractivity contribution in [2.24, 2.45) is 0 Å². The molecule has 2 aromatic carbocycles. The molecule has 0 saturated carbocycles. The van der Waals surface area contributed by atoms with E-state index in [0.29, 0.717) is 30.1 Å². The predicted octanol–water partition coefficient (Wildman–Crippen LogP) is 2.97. The number of piperazine rings is 1. The molecule has 0 unspecified atom stereocenters. The molecule has 11 heteroatoms. The molecular formula is C25H28F2N4O4S. The lowest BCUT2D eigenvalue weighted by Crippen LogP contribution is -2.51. The number of anilines is 1. The van der Waals surface area contributed by atoms with Gasteiger partial charge in [0.2, 0.25) is 10.0 Å². The molecular weight excluding hydrogens is 490 g/mol. The van der Waals surface area contributed by atoms with Gasteiger partial charge >= 0.3 is 0 Å². The van der Waals surface area contributed by atoms with Gasteiger partial charge in [-0.25, -0.2) is 17.2 Å². The summed E-state index contributed by atoms with van der Waals surface area (Å²) in [6.45, 7) is 4.59. The van der Waals surface area contributed by atoms with E-state index in [2.05, 4.69) is 5.10 Å². The van der Waals surface area contributed by atoms with Crippen LogP contribution in [0.25, 0.3) is 5.69 Å². The Morgan fingerprint density at radius 2 is 1.69 bits per heavy atom. The molecule has 4 rings (SSSR count). The number of benzene rings is 2. The van der Waals surface area contributed by atoms with Crippen LogP contribution in [0.3, 0.4) is 0 Å². The van der Waals surface area contributed by atoms with Crippen molar-refractivity contribution in [3.05, 3.63) is 81.8 Å². The maximum Gasteiger partial charge on any atom is 0.277 e. The quantitative estimate of drug-likeness (QED) is 0.478. The molecule has 0 atom stereocenters. The molecule has 3 aromatic rings. The van der Waals surface area contributed by atoms with Gasteiger partial charge in [0, 0.05) is 44.2 Å². The molecule has 1 saturated heterocycles. The van der Waals surface area contributed by atoms with Gasteiger partial charge in [0.1, 0.15) is 17.4 Å². The molecule has 192 valence electrons. The highest BCUT2D eigenvalue weighted by Crippen LogP contribution is 2.25. The summed E-state index contributed by atoms with van der Waals surface area (Å²) in [5.41, 5.74) is 1.19. The minimum absolute atomic E-state index is 0.0243. The van der Waals surface area contributed by atoms with Crippen molar-refractivity contribution in [1.82, 2.24) is 14.1 Å². The van der Waals surface area contributed by atoms with Crippen molar-refractivity contribution in [3.63, 3.8) is 0 Å². The molecule has 36 heavy (non-hydrogen) atoms. The summed E-state index contributed by atoms with van der Waals surface area (Å²) in [6, 6.07) is 10.1. The van der Waals surface area contributed by atoms with E-state index in [-0.39, 0.29) is 25.2 Å². The Labute approximate surface area is 208 Å². The molecule has 1 aliphatic rings. The Kier molecular flexibility index (Phi) is 7.41. The summed E-state index contributed by atoms with van der Waals surface area (Å²) in [5.74, 6) is -1.01. The average Bonchev–Trinajstić information content (AvgIpc) is 2.84. The van der Waals surface area contributed by atoms with Crippen LogP contribution >= 0.6 is 0 Å². The maximum atomic E-state index is 13.9. The third-order valence-corrected chi connectivity index (χ3v) is 8.47. The summed E-state index contributed by atoms with van der Waals surface area (Å²) in [5, 5.41) is 3.69. The molecule has 0 N–H and O–H groups in total. The zero-order valence-corrected chi connectivity index (χ0v) is 21.1. The molecule has 2 heterocycles. The number of hydrogen-bond donors (Lipinski definition) is 0. The fourth-order valence-corrected chi connectivity index (χ4v) is 5.50. The van der Waals surface area contributed by atoms with Crippen molar-refractivity contribution in [3.8, 4) is 11.4 Å². The predicted molar refractivity (Wildman–Crippen MR) is 133 cm³/mol. The van der Waals surface area contributed by atoms with E-state index >= 15 is 0 Å². The Hall–Kier alpha value is -3.31. The summed E-state index contributed by atoms with van der Waals surface area (Å²) in [6.07, 6.45) is 1.71. The molecule has 0 radical (unpaired) electrons. The van der Waals surface area contributed by atoms with Crippen LogP contribution < -0.4 is 15.2 Å². The van der Waals surface area contributed by atoms with Crippen LogP contribution in [0.1, 0.15) is 25.0 Å². The van der Waals surface area contributed by atoms with Gasteiger partial charge in [0.15, 0.2) is 0 Å². The fourth-order valence-electron chi connectivity index (χ4n) is 4.23. The Balaban J connectivity index is 1.75. The summed E-state index contributed by atoms with van der Waals surface area (Å²) >= 11 is 0. The number of ether oxygens (including phenoxy) is 1. The van der Waals surface area contributed by atoms with Gasteiger partial charge in [0.05, 0.1) is 29.9 Å². The van der Waals surface area contributed by atoms with E-state index in [1.165, 1.54) is 10.5 Å². The van der Waals surface area contributed by atoms with Crippen LogP contribution in [-0.2, 0) is 16.4 Å². The largest absolute Gasteiger partial charge is 0.497 e. The van der Waals surface area contributed by atoms with Crippen LogP contribution in [0.2, 0.25) is 0 Å². The van der Waals surface area contributed by atoms with Crippen molar-refractivity contribution in [1.29, 1.82) is 0 Å². The van der Waals surface area contributed by atoms with Crippen LogP contribution in [0.5, 0.6) is 5.75 Å². The van der Waals surface area contributed by atoms with Gasteiger partial charge in [-0.1, -0.05) is 12.1 Å². The summed E-state index contributed by atoms with van der Waals surface area (Å²) in [7, 11) is -1.84. The summed E-state index contributed by atoms with van der Waals surface area (Å²) in [4.78, 5) is 15.5. The Bertz CT molecular complexity index is 1400. The number of rotatable bonds is 7. The second-order valence-electron chi connectivity index (χ2n) is 8.86. The lowest BCUT2D eigenvalue weighted by Gasteiger charge is -2.36. The molecule has 0 bridgehead atoms. The first kappa shape index (κ1) is 25.8. The molecule has 8 nitrogen and oxygen atoms in total. The standard InChI is InChI=1S/C25H28F2N4O4S/c1-17(2)36(33,34)30-9-7-29(8-10-30)24-16-28-31(21-14-19(26)13-20(27)15-21)25(32)23(24)12-18-5-4-6-22(11-18)35-3/h4-6,11,13-17H,7-10,12H2,1-3H3. The van der Waals surface area contributed by atoms with Gasteiger partial charge in [0.25, 0.3) is 5.56 Å². The Morgan fingerprint density at radius 1 is 1.03 bits per heavy atom. The molecule has 1 fully saturated rings. The number of sulfonamides is 1. The molecule has 0 amide bonds. The van der Waals surface area contributed by atoms with Crippen LogP contribution in [0.15, 0.2) is 53.5 Å². The van der Waals surface area contributed by atoms with E-state index in [4.69, 9.17) is 4.74 Å². The first-order chi connectivity index (χ1) is 17.1. The van der Waals surface area contributed by atoms with Crippen LogP contribution in [0, 0.1) is 11.6 Å². The number of nitrogens with zero attached hydrogens (tertiary/aromatic N) is 4. The number of aromatic nitrogens is 2. The zero-order valence-electron chi connectivity index (χ0n) is 20.3. The van der Waals surface area contributed by atoms with E-state index in [1.807, 2.05) is 23.1 Å². The van der Waals surface area contributed by atoms with Gasteiger partial charge in [-0.2, -0.15) is 14.1 Å². The Morgan fingerprint density at radius 3 is 2.31 bits per heavy atom. The van der Waals surface area contributed by atoms with Crippen molar-refractivity contribution in [2.45, 2.75) is 25.5 Å². The van der Waals surface area contributed by atoms with E-state index in [9.17, 15) is 22.0 Å². The SMILES string of the molecule is COc1cccc(Cc2c(N3CCN(S(=O)(=O)C(C)C)CC3)cnn(-c3cc(F)cc(F)c3)c2=O)c1. The normalized spacial score (nSPS) is 14.9. The molecule has 1 aromatic heterocycles. The first-order valence-corrected chi connectivity index (χ1v) is 13.0. The maximum absolute atomic E-state index is 13.9. The smallest absolute Gasteiger partial charge is 0.277 e. The number of methoxy groups -OCH3 is 1. The minimum atomic E-state index is -3.39. The van der Waals surface area contributed by atoms with Crippen LogP contribution in [-0.4, -0.2) is 61.0 Å². The van der Waals surface area contributed by atoms with Gasteiger partial charge < -0.3 is 9.64 Å². The third-order valence-electron chi connectivity index (χ3n) is 6.20. The first-order valence-electron chi connectivity index (χ1n) is 11.5. The molecule has 1 aliphatic heterocycles. The monoisotopic (exact) mass is 518 g/mol. The molecule has 0 aliphatic carbocycles. The van der Waals surface area contributed by atoms with E-state index < -0.39 is 32.5 Å². The van der Waals surface area contributed by atoms with Crippen LogP contribution in [0.4, 0.5) is 14.5 Å². The highest BCUT2D eigenvalue weighted by atomic mass is 32.2. The second-order valence-corrected chi connectivity index (χ2v) is 11.4. The molecule has 0 spiro atoms. The van der Waals surface area contributed by atoms with Gasteiger partial charge in [-0.3, -0.25) is 4.79 Å². The lowest BCUT2D eigenvalue weighted by atomic mass is 10.0. The van der Waals surface area contributed by atoms with Crippen molar-refractivity contribution in [2.75, 3.05) is 38.2 Å². The average molecular weight is 519 g/mol. The number of hydrogen-bond acceptors (Lipinski definition) is 6. The topological polar surface area (TPSA) is 84.7 Å². The second kappa shape index (κ2) is 10.4. The van der Waals surface area contributed by atoms with E-state index in [1.54, 1.807) is 27.0 Å². The highest BCUT2D eigenvalue weighted by molar-refractivity contribution is 7.89.